The number of nitrogen functional groups attached to an aromatic ring is 1. The fourth-order valence-electron chi connectivity index (χ4n) is 10.2. The number of ether oxygens (including phenoxy) is 1. The van der Waals surface area contributed by atoms with Gasteiger partial charge in [0.1, 0.15) is 11.6 Å². The van der Waals surface area contributed by atoms with Gasteiger partial charge in [-0.1, -0.05) is 53.9 Å². The molecule has 0 radical (unpaired) electrons. The summed E-state index contributed by atoms with van der Waals surface area (Å²) >= 11 is 0. The molecular formula is C41H50N4O4S2. The Hall–Kier alpha value is -3.37. The highest BCUT2D eigenvalue weighted by atomic mass is 33.1. The van der Waals surface area contributed by atoms with Crippen molar-refractivity contribution < 1.29 is 19.4 Å². The number of phenols is 1. The molecule has 10 heteroatoms. The third kappa shape index (κ3) is 6.18. The van der Waals surface area contributed by atoms with Gasteiger partial charge in [0.15, 0.2) is 17.3 Å². The highest BCUT2D eigenvalue weighted by Gasteiger charge is 2.62. The van der Waals surface area contributed by atoms with E-state index in [1.54, 1.807) is 6.07 Å². The van der Waals surface area contributed by atoms with Crippen LogP contribution in [0.1, 0.15) is 117 Å². The number of nitrogens with zero attached hydrogens (tertiary/aromatic N) is 2. The monoisotopic (exact) mass is 726 g/mol. The topological polar surface area (TPSA) is 118 Å². The summed E-state index contributed by atoms with van der Waals surface area (Å²) in [6.45, 7) is 2.99. The maximum absolute atomic E-state index is 13.7. The molecule has 0 amide bonds. The van der Waals surface area contributed by atoms with E-state index in [0.717, 1.165) is 53.9 Å². The molecule has 4 bridgehead atoms. The van der Waals surface area contributed by atoms with Crippen molar-refractivity contribution in [3.8, 4) is 11.5 Å². The van der Waals surface area contributed by atoms with E-state index in [9.17, 15) is 14.7 Å². The number of Topliss-reactive ketones (excluding diaryl/α,β-unsaturated/α-hetero) is 2. The Bertz CT molecular complexity index is 1820. The minimum atomic E-state index is -0.185. The molecule has 2 aromatic rings. The average Bonchev–Trinajstić information content (AvgIpc) is 3.84. The minimum absolute atomic E-state index is 0.0107. The van der Waals surface area contributed by atoms with Crippen molar-refractivity contribution in [2.75, 3.05) is 25.3 Å². The van der Waals surface area contributed by atoms with Gasteiger partial charge in [-0.25, -0.2) is 4.98 Å². The number of pyridine rings is 1. The van der Waals surface area contributed by atoms with Crippen molar-refractivity contribution in [2.45, 2.75) is 101 Å². The zero-order valence-electron chi connectivity index (χ0n) is 29.8. The highest BCUT2D eigenvalue weighted by Crippen LogP contribution is 2.67. The molecule has 0 saturated heterocycles. The number of allylic oxidation sites excluding steroid dienone is 2. The minimum Gasteiger partial charge on any atom is -0.504 e. The standard InChI is InChI=1S/C41H50N4O4S2/c1-3-25-6-10-31(46)17-35(47)26-7-11-32(33-18-36(48)37(49-2)16-27(33)14-26)28-15-34(39(42)44-20-28)38(51-50-22-25)41-23-40(12-4-5-13-40)19-29(41)8-9-30-21-43-24-45(30)41/h8-9,14-16,18,20-21,25,29,32,38,43,48H,3-7,10-13,17,19,22-24H2,1-2H3,(H2,42,44)/t25-,29-,32+,38-,41-/m0/s1. The van der Waals surface area contributed by atoms with Crippen molar-refractivity contribution in [3.63, 3.8) is 0 Å². The molecule has 2 fully saturated rings. The molecule has 1 aromatic carbocycles. The Labute approximate surface area is 309 Å². The van der Waals surface area contributed by atoms with Crippen LogP contribution in [0, 0.1) is 17.3 Å². The lowest BCUT2D eigenvalue weighted by atomic mass is 9.75. The predicted molar refractivity (Wildman–Crippen MR) is 206 cm³/mol. The lowest BCUT2D eigenvalue weighted by Gasteiger charge is -2.51. The summed E-state index contributed by atoms with van der Waals surface area (Å²) < 4.78 is 5.51. The van der Waals surface area contributed by atoms with Crippen LogP contribution in [0.3, 0.4) is 0 Å². The number of carbonyl (C=O) groups is 2. The number of rotatable bonds is 3. The number of anilines is 1. The number of fused-ring (bicyclic) bond motifs is 11. The molecule has 8 rings (SSSR count). The van der Waals surface area contributed by atoms with E-state index in [4.69, 9.17) is 15.5 Å². The van der Waals surface area contributed by atoms with Gasteiger partial charge in [-0.05, 0) is 109 Å². The van der Waals surface area contributed by atoms with Gasteiger partial charge in [0.2, 0.25) is 0 Å². The SMILES string of the molecule is CC[C@H]1CCC(=O)CC(=O)C2=Cc3cc(OC)c(O)cc3[C@H](CC2)c2cnc(N)c(c2)[C@@H]([C@]23CC4(CCCC4)C[C@@H]2C=CC2=CNCN23)SSC1. The number of aromatic nitrogens is 1. The van der Waals surface area contributed by atoms with E-state index in [1.807, 2.05) is 39.9 Å². The van der Waals surface area contributed by atoms with Gasteiger partial charge in [-0.15, -0.1) is 0 Å². The predicted octanol–water partition coefficient (Wildman–Crippen LogP) is 8.44. The number of methoxy groups -OCH3 is 1. The molecule has 3 aliphatic heterocycles. The van der Waals surface area contributed by atoms with Crippen molar-refractivity contribution in [1.29, 1.82) is 0 Å². The fraction of sp³-hybridized carbons (Fsp3) is 0.537. The molecule has 270 valence electrons. The van der Waals surface area contributed by atoms with Crippen molar-refractivity contribution in [3.05, 3.63) is 76.3 Å². The molecule has 8 nitrogen and oxygen atoms in total. The zero-order valence-corrected chi connectivity index (χ0v) is 31.4. The maximum Gasteiger partial charge on any atom is 0.166 e. The number of nitrogens with one attached hydrogen (secondary N) is 1. The Morgan fingerprint density at radius 2 is 1.98 bits per heavy atom. The van der Waals surface area contributed by atoms with Crippen LogP contribution < -0.4 is 15.8 Å². The summed E-state index contributed by atoms with van der Waals surface area (Å²) in [5, 5.41) is 14.6. The molecule has 2 saturated carbocycles. The zero-order chi connectivity index (χ0) is 35.3. The third-order valence-corrected chi connectivity index (χ3v) is 15.9. The van der Waals surface area contributed by atoms with E-state index in [0.29, 0.717) is 53.7 Å². The second kappa shape index (κ2) is 13.9. The van der Waals surface area contributed by atoms with Crippen LogP contribution in [0.2, 0.25) is 0 Å². The molecule has 0 unspecified atom stereocenters. The van der Waals surface area contributed by atoms with Crippen LogP contribution >= 0.6 is 21.6 Å². The maximum atomic E-state index is 13.7. The molecule has 6 aliphatic rings. The van der Waals surface area contributed by atoms with Crippen LogP contribution in [-0.4, -0.2) is 51.6 Å². The van der Waals surface area contributed by atoms with Crippen molar-refractivity contribution >= 4 is 45.0 Å². The second-order valence-corrected chi connectivity index (χ2v) is 18.3. The number of ketones is 2. The number of benzene rings is 1. The summed E-state index contributed by atoms with van der Waals surface area (Å²) in [5.41, 5.74) is 12.9. The fourth-order valence-corrected chi connectivity index (χ4v) is 13.9. The summed E-state index contributed by atoms with van der Waals surface area (Å²) in [6.07, 6.45) is 21.5. The van der Waals surface area contributed by atoms with Crippen LogP contribution in [-0.2, 0) is 9.59 Å². The summed E-state index contributed by atoms with van der Waals surface area (Å²) in [7, 11) is 5.41. The number of hydrogen-bond acceptors (Lipinski definition) is 10. The van der Waals surface area contributed by atoms with Gasteiger partial charge < -0.3 is 25.8 Å². The summed E-state index contributed by atoms with van der Waals surface area (Å²) in [6, 6.07) is 5.90. The van der Waals surface area contributed by atoms with Crippen LogP contribution in [0.25, 0.3) is 6.08 Å². The number of aromatic hydroxyl groups is 1. The normalized spacial score (nSPS) is 30.2. The molecule has 4 heterocycles. The molecule has 51 heavy (non-hydrogen) atoms. The Kier molecular flexibility index (Phi) is 9.45. The molecule has 1 spiro atoms. The Morgan fingerprint density at radius 1 is 1.14 bits per heavy atom. The molecule has 5 atom stereocenters. The van der Waals surface area contributed by atoms with Gasteiger partial charge in [0.25, 0.3) is 0 Å². The highest BCUT2D eigenvalue weighted by molar-refractivity contribution is 8.76. The first-order chi connectivity index (χ1) is 24.7. The first kappa shape index (κ1) is 34.7. The first-order valence-corrected chi connectivity index (χ1v) is 21.2. The van der Waals surface area contributed by atoms with E-state index >= 15 is 0 Å². The van der Waals surface area contributed by atoms with E-state index < -0.39 is 0 Å². The van der Waals surface area contributed by atoms with Gasteiger partial charge in [0, 0.05) is 42.0 Å². The number of carbonyl (C=O) groups excluding carboxylic acids is 2. The molecule has 4 N–H and O–H groups in total. The first-order valence-electron chi connectivity index (χ1n) is 18.8. The quantitative estimate of drug-likeness (QED) is 0.210. The molecule has 1 aromatic heterocycles. The Morgan fingerprint density at radius 3 is 2.78 bits per heavy atom. The van der Waals surface area contributed by atoms with Gasteiger partial charge in [-0.3, -0.25) is 9.59 Å². The lowest BCUT2D eigenvalue weighted by molar-refractivity contribution is -0.125. The number of nitrogens with two attached hydrogens (primary N) is 1. The van der Waals surface area contributed by atoms with Crippen LogP contribution in [0.15, 0.2) is 54.0 Å². The van der Waals surface area contributed by atoms with E-state index in [-0.39, 0.29) is 40.4 Å². The van der Waals surface area contributed by atoms with Crippen LogP contribution in [0.5, 0.6) is 11.5 Å². The Balaban J connectivity index is 1.29. The second-order valence-electron chi connectivity index (χ2n) is 15.8. The molecular weight excluding hydrogens is 677 g/mol. The number of phenolic OH excluding ortho intramolecular Hbond substituents is 1. The van der Waals surface area contributed by atoms with Gasteiger partial charge >= 0.3 is 0 Å². The lowest BCUT2D eigenvalue weighted by Crippen LogP contribution is -2.55. The largest absolute Gasteiger partial charge is 0.504 e. The third-order valence-electron chi connectivity index (χ3n) is 12.9. The van der Waals surface area contributed by atoms with Gasteiger partial charge in [0.05, 0.1) is 36.7 Å². The van der Waals surface area contributed by atoms with E-state index in [1.165, 1.54) is 44.9 Å². The summed E-state index contributed by atoms with van der Waals surface area (Å²) in [5.74, 6) is 2.41. The molecule has 3 aliphatic carbocycles. The summed E-state index contributed by atoms with van der Waals surface area (Å²) in [4.78, 5) is 34.6. The average molecular weight is 727 g/mol. The van der Waals surface area contributed by atoms with Crippen molar-refractivity contribution in [2.24, 2.45) is 17.3 Å². The van der Waals surface area contributed by atoms with E-state index in [2.05, 4.69) is 41.6 Å². The van der Waals surface area contributed by atoms with Crippen LogP contribution in [0.4, 0.5) is 5.82 Å². The number of hydrogen-bond donors (Lipinski definition) is 3. The van der Waals surface area contributed by atoms with Gasteiger partial charge in [-0.2, -0.15) is 0 Å². The van der Waals surface area contributed by atoms with Crippen molar-refractivity contribution in [1.82, 2.24) is 15.2 Å². The smallest absolute Gasteiger partial charge is 0.166 e.